The van der Waals surface area contributed by atoms with E-state index in [0.717, 1.165) is 11.6 Å². The summed E-state index contributed by atoms with van der Waals surface area (Å²) in [4.78, 5) is 17.3. The van der Waals surface area contributed by atoms with Gasteiger partial charge in [0.1, 0.15) is 0 Å². The average molecular weight is 391 g/mol. The number of halogens is 3. The van der Waals surface area contributed by atoms with Crippen molar-refractivity contribution in [2.24, 2.45) is 0 Å². The van der Waals surface area contributed by atoms with Gasteiger partial charge in [-0.05, 0) is 24.6 Å². The second-order valence-corrected chi connectivity index (χ2v) is 6.81. The van der Waals surface area contributed by atoms with E-state index in [4.69, 9.17) is 0 Å². The van der Waals surface area contributed by atoms with E-state index in [9.17, 15) is 18.0 Å². The Morgan fingerprint density at radius 3 is 2.31 bits per heavy atom. The van der Waals surface area contributed by atoms with Crippen LogP contribution < -0.4 is 0 Å². The van der Waals surface area contributed by atoms with Crippen molar-refractivity contribution in [1.82, 2.24) is 4.98 Å². The molecule has 0 aliphatic rings. The zero-order chi connectivity index (χ0) is 20.6. The first kappa shape index (κ1) is 18.9. The van der Waals surface area contributed by atoms with Gasteiger partial charge in [0.25, 0.3) is 0 Å². The number of pyridine rings is 1. The molecule has 0 saturated heterocycles. The molecule has 0 saturated carbocycles. The summed E-state index contributed by atoms with van der Waals surface area (Å²) < 4.78 is 40.5. The molecule has 4 aromatic rings. The van der Waals surface area contributed by atoms with E-state index in [-0.39, 0.29) is 16.9 Å². The monoisotopic (exact) mass is 391 g/mol. The minimum atomic E-state index is -4.54. The van der Waals surface area contributed by atoms with Crippen LogP contribution in [-0.2, 0) is 6.18 Å². The molecular weight excluding hydrogens is 375 g/mol. The summed E-state index contributed by atoms with van der Waals surface area (Å²) in [6.45, 7) is 1.88. The molecule has 0 N–H and O–H groups in total. The van der Waals surface area contributed by atoms with Gasteiger partial charge in [0.05, 0.1) is 11.1 Å². The maximum absolute atomic E-state index is 13.5. The molecule has 0 unspecified atom stereocenters. The van der Waals surface area contributed by atoms with E-state index >= 15 is 0 Å². The summed E-state index contributed by atoms with van der Waals surface area (Å²) in [5.41, 5.74) is 1.79. The molecule has 0 fully saturated rings. The number of hydrogen-bond donors (Lipinski definition) is 0. The smallest absolute Gasteiger partial charge is 0.289 e. The molecule has 5 heteroatoms. The Bertz CT molecular complexity index is 1210. The molecule has 4 rings (SSSR count). The van der Waals surface area contributed by atoms with Crippen LogP contribution in [0.3, 0.4) is 0 Å². The zero-order valence-electron chi connectivity index (χ0n) is 15.5. The highest BCUT2D eigenvalue weighted by Crippen LogP contribution is 2.38. The van der Waals surface area contributed by atoms with Crippen LogP contribution in [0.4, 0.5) is 13.2 Å². The number of benzene rings is 3. The summed E-state index contributed by atoms with van der Waals surface area (Å²) in [6, 6.07) is 20.0. The average Bonchev–Trinajstić information content (AvgIpc) is 2.72. The minimum absolute atomic E-state index is 0.167. The number of fused-ring (bicyclic) bond motifs is 1. The number of alkyl halides is 3. The third kappa shape index (κ3) is 3.51. The number of carbonyl (C=O) groups is 1. The van der Waals surface area contributed by atoms with Crippen LogP contribution in [0.5, 0.6) is 0 Å². The number of rotatable bonds is 3. The van der Waals surface area contributed by atoms with Crippen LogP contribution in [0.25, 0.3) is 22.0 Å². The molecule has 144 valence electrons. The number of hydrogen-bond acceptors (Lipinski definition) is 2. The largest absolute Gasteiger partial charge is 0.418 e. The summed E-state index contributed by atoms with van der Waals surface area (Å²) in [6.07, 6.45) is -3.28. The topological polar surface area (TPSA) is 30.0 Å². The third-order valence-corrected chi connectivity index (χ3v) is 4.79. The van der Waals surface area contributed by atoms with Crippen molar-refractivity contribution >= 4 is 16.7 Å². The number of carbonyl (C=O) groups excluding carboxylic acids is 1. The SMILES string of the molecule is Cc1cccc(C(=O)c2cnc3c(C(F)(F)F)cccc3c2-c2ccccc2)c1. The van der Waals surface area contributed by atoms with Gasteiger partial charge in [-0.3, -0.25) is 9.78 Å². The second kappa shape index (κ2) is 7.17. The lowest BCUT2D eigenvalue weighted by Gasteiger charge is -2.16. The zero-order valence-corrected chi connectivity index (χ0v) is 15.5. The van der Waals surface area contributed by atoms with Gasteiger partial charge in [0.2, 0.25) is 0 Å². The van der Waals surface area contributed by atoms with E-state index in [2.05, 4.69) is 4.98 Å². The van der Waals surface area contributed by atoms with Crippen molar-refractivity contribution in [3.8, 4) is 11.1 Å². The number of aromatic nitrogens is 1. The van der Waals surface area contributed by atoms with Crippen molar-refractivity contribution in [1.29, 1.82) is 0 Å². The predicted molar refractivity (Wildman–Crippen MR) is 107 cm³/mol. The molecule has 2 nitrogen and oxygen atoms in total. The van der Waals surface area contributed by atoms with E-state index in [1.807, 2.05) is 19.1 Å². The Balaban J connectivity index is 2.04. The summed E-state index contributed by atoms with van der Waals surface area (Å²) in [5.74, 6) is -0.278. The summed E-state index contributed by atoms with van der Waals surface area (Å²) >= 11 is 0. The van der Waals surface area contributed by atoms with E-state index in [1.54, 1.807) is 48.5 Å². The highest BCUT2D eigenvalue weighted by molar-refractivity contribution is 6.16. The van der Waals surface area contributed by atoms with Gasteiger partial charge in [-0.2, -0.15) is 13.2 Å². The molecule has 1 heterocycles. The maximum atomic E-state index is 13.5. The molecule has 3 aromatic carbocycles. The Kier molecular flexibility index (Phi) is 4.66. The standard InChI is InChI=1S/C24H16F3NO/c1-15-7-5-10-17(13-15)23(29)19-14-28-22-18(11-6-12-20(22)24(25,26)27)21(19)16-8-3-2-4-9-16/h2-14H,1H3. The second-order valence-electron chi connectivity index (χ2n) is 6.81. The van der Waals surface area contributed by atoms with Gasteiger partial charge >= 0.3 is 6.18 Å². The van der Waals surface area contributed by atoms with Crippen molar-refractivity contribution in [2.45, 2.75) is 13.1 Å². The fourth-order valence-corrected chi connectivity index (χ4v) is 3.48. The Labute approximate surface area is 165 Å². The molecule has 0 aliphatic heterocycles. The fraction of sp³-hybridized carbons (Fsp3) is 0.0833. The molecule has 0 amide bonds. The minimum Gasteiger partial charge on any atom is -0.289 e. The van der Waals surface area contributed by atoms with Gasteiger partial charge in [-0.15, -0.1) is 0 Å². The van der Waals surface area contributed by atoms with Crippen molar-refractivity contribution in [2.75, 3.05) is 0 Å². The first-order valence-electron chi connectivity index (χ1n) is 9.02. The van der Waals surface area contributed by atoms with E-state index in [0.29, 0.717) is 22.1 Å². The molecule has 29 heavy (non-hydrogen) atoms. The van der Waals surface area contributed by atoms with E-state index < -0.39 is 11.7 Å². The van der Waals surface area contributed by atoms with Gasteiger partial charge in [-0.1, -0.05) is 66.2 Å². The van der Waals surface area contributed by atoms with Gasteiger partial charge in [0, 0.05) is 28.3 Å². The van der Waals surface area contributed by atoms with Crippen LogP contribution in [0.1, 0.15) is 27.0 Å². The predicted octanol–water partition coefficient (Wildman–Crippen LogP) is 6.46. The number of para-hydroxylation sites is 1. The van der Waals surface area contributed by atoms with Crippen molar-refractivity contribution in [3.63, 3.8) is 0 Å². The molecule has 0 radical (unpaired) electrons. The molecule has 0 atom stereocenters. The Morgan fingerprint density at radius 2 is 1.62 bits per heavy atom. The fourth-order valence-electron chi connectivity index (χ4n) is 3.48. The Morgan fingerprint density at radius 1 is 0.897 bits per heavy atom. The quantitative estimate of drug-likeness (QED) is 0.375. The number of nitrogens with zero attached hydrogens (tertiary/aromatic N) is 1. The highest BCUT2D eigenvalue weighted by Gasteiger charge is 2.34. The maximum Gasteiger partial charge on any atom is 0.418 e. The highest BCUT2D eigenvalue weighted by atomic mass is 19.4. The first-order chi connectivity index (χ1) is 13.9. The summed E-state index contributed by atoms with van der Waals surface area (Å²) in [7, 11) is 0. The lowest BCUT2D eigenvalue weighted by molar-refractivity contribution is -0.136. The van der Waals surface area contributed by atoms with Crippen LogP contribution in [0.2, 0.25) is 0 Å². The van der Waals surface area contributed by atoms with Crippen LogP contribution in [0.15, 0.2) is 79.0 Å². The first-order valence-corrected chi connectivity index (χ1v) is 9.02. The Hall–Kier alpha value is -3.47. The normalized spacial score (nSPS) is 11.6. The summed E-state index contributed by atoms with van der Waals surface area (Å²) in [5, 5.41) is 0.296. The van der Waals surface area contributed by atoms with Gasteiger partial charge < -0.3 is 0 Å². The third-order valence-electron chi connectivity index (χ3n) is 4.79. The number of ketones is 1. The lowest BCUT2D eigenvalue weighted by atomic mass is 9.91. The molecule has 1 aromatic heterocycles. The van der Waals surface area contributed by atoms with Crippen LogP contribution >= 0.6 is 0 Å². The number of aryl methyl sites for hydroxylation is 1. The van der Waals surface area contributed by atoms with Crippen molar-refractivity contribution in [3.05, 3.63) is 101 Å². The van der Waals surface area contributed by atoms with E-state index in [1.165, 1.54) is 12.3 Å². The van der Waals surface area contributed by atoms with Crippen LogP contribution in [-0.4, -0.2) is 10.8 Å². The van der Waals surface area contributed by atoms with Gasteiger partial charge in [-0.25, -0.2) is 0 Å². The van der Waals surface area contributed by atoms with Crippen LogP contribution in [0, 0.1) is 6.92 Å². The lowest BCUT2D eigenvalue weighted by Crippen LogP contribution is -2.09. The molecule has 0 spiro atoms. The van der Waals surface area contributed by atoms with Crippen molar-refractivity contribution < 1.29 is 18.0 Å². The molecule has 0 bridgehead atoms. The molecule has 0 aliphatic carbocycles. The van der Waals surface area contributed by atoms with Gasteiger partial charge in [0.15, 0.2) is 5.78 Å². The molecular formula is C24H16F3NO.